The largest absolute Gasteiger partial charge is 0.482 e. The van der Waals surface area contributed by atoms with Crippen molar-refractivity contribution < 1.29 is 14.3 Å². The van der Waals surface area contributed by atoms with Crippen LogP contribution in [0.5, 0.6) is 5.75 Å². The van der Waals surface area contributed by atoms with Gasteiger partial charge in [0.1, 0.15) is 11.8 Å². The van der Waals surface area contributed by atoms with Gasteiger partial charge in [0.15, 0.2) is 6.61 Å². The molecule has 0 saturated heterocycles. The van der Waals surface area contributed by atoms with Gasteiger partial charge in [-0.05, 0) is 43.0 Å². The zero-order chi connectivity index (χ0) is 22.9. The van der Waals surface area contributed by atoms with Crippen LogP contribution in [-0.2, 0) is 16.1 Å². The summed E-state index contributed by atoms with van der Waals surface area (Å²) in [5.74, 6) is 0.00232. The first-order valence-corrected chi connectivity index (χ1v) is 11.9. The first-order valence-electron chi connectivity index (χ1n) is 11.2. The number of carbonyl (C=O) groups excluding carboxylic acids is 2. The van der Waals surface area contributed by atoms with Crippen LogP contribution in [0.3, 0.4) is 0 Å². The molecule has 172 valence electrons. The zero-order valence-corrected chi connectivity index (χ0v) is 19.9. The lowest BCUT2D eigenvalue weighted by atomic mass is 9.95. The molecule has 2 aromatic rings. The maximum Gasteiger partial charge on any atom is 0.261 e. The number of halogens is 2. The van der Waals surface area contributed by atoms with Gasteiger partial charge in [0, 0.05) is 17.6 Å². The molecule has 1 aliphatic rings. The van der Waals surface area contributed by atoms with Crippen LogP contribution in [0.4, 0.5) is 0 Å². The number of benzene rings is 2. The van der Waals surface area contributed by atoms with Gasteiger partial charge in [-0.1, -0.05) is 79.7 Å². The third-order valence-electron chi connectivity index (χ3n) is 5.78. The normalized spacial score (nSPS) is 15.1. The number of hydrogen-bond donors (Lipinski definition) is 1. The predicted octanol–water partition coefficient (Wildman–Crippen LogP) is 5.63. The highest BCUT2D eigenvalue weighted by Gasteiger charge is 2.30. The van der Waals surface area contributed by atoms with E-state index in [0.29, 0.717) is 28.8 Å². The van der Waals surface area contributed by atoms with Crippen molar-refractivity contribution in [1.82, 2.24) is 10.2 Å². The summed E-state index contributed by atoms with van der Waals surface area (Å²) >= 11 is 12.1. The highest BCUT2D eigenvalue weighted by molar-refractivity contribution is 6.35. The van der Waals surface area contributed by atoms with Gasteiger partial charge in [-0.25, -0.2) is 0 Å². The molecule has 32 heavy (non-hydrogen) atoms. The van der Waals surface area contributed by atoms with Crippen LogP contribution in [0, 0.1) is 0 Å². The van der Waals surface area contributed by atoms with Crippen molar-refractivity contribution in [3.63, 3.8) is 0 Å². The lowest BCUT2D eigenvalue weighted by Gasteiger charge is -2.32. The molecule has 0 spiro atoms. The summed E-state index contributed by atoms with van der Waals surface area (Å²) in [5, 5.41) is 4.00. The summed E-state index contributed by atoms with van der Waals surface area (Å²) < 4.78 is 5.68. The molecule has 0 radical (unpaired) electrons. The highest BCUT2D eigenvalue weighted by atomic mass is 35.5. The summed E-state index contributed by atoms with van der Waals surface area (Å²) in [6, 6.07) is 14.1. The molecule has 5 nitrogen and oxygen atoms in total. The van der Waals surface area contributed by atoms with E-state index in [9.17, 15) is 9.59 Å². The molecule has 1 fully saturated rings. The van der Waals surface area contributed by atoms with Gasteiger partial charge in [-0.3, -0.25) is 9.59 Å². The molecular weight excluding hydrogens is 447 g/mol. The average Bonchev–Trinajstić information content (AvgIpc) is 2.79. The van der Waals surface area contributed by atoms with Crippen LogP contribution < -0.4 is 10.1 Å². The Kier molecular flexibility index (Phi) is 9.24. The molecule has 0 aliphatic heterocycles. The van der Waals surface area contributed by atoms with E-state index in [0.717, 1.165) is 31.2 Å². The number of hydrogen-bond acceptors (Lipinski definition) is 3. The van der Waals surface area contributed by atoms with Crippen LogP contribution in [-0.4, -0.2) is 35.4 Å². The second kappa shape index (κ2) is 12.1. The fourth-order valence-electron chi connectivity index (χ4n) is 4.06. The van der Waals surface area contributed by atoms with E-state index in [1.165, 1.54) is 6.42 Å². The van der Waals surface area contributed by atoms with Crippen molar-refractivity contribution in [2.75, 3.05) is 6.61 Å². The molecule has 0 heterocycles. The summed E-state index contributed by atoms with van der Waals surface area (Å²) in [6.07, 6.45) is 5.97. The fourth-order valence-corrected chi connectivity index (χ4v) is 4.52. The number of ether oxygens (including phenoxy) is 1. The number of rotatable bonds is 9. The Morgan fingerprint density at radius 3 is 2.47 bits per heavy atom. The lowest BCUT2D eigenvalue weighted by Crippen LogP contribution is -2.52. The molecule has 1 aliphatic carbocycles. The molecule has 7 heteroatoms. The molecule has 2 aromatic carbocycles. The van der Waals surface area contributed by atoms with E-state index >= 15 is 0 Å². The van der Waals surface area contributed by atoms with E-state index in [2.05, 4.69) is 5.32 Å². The smallest absolute Gasteiger partial charge is 0.261 e. The minimum absolute atomic E-state index is 0.104. The lowest BCUT2D eigenvalue weighted by molar-refractivity contribution is -0.143. The Balaban J connectivity index is 1.74. The van der Waals surface area contributed by atoms with Gasteiger partial charge in [0.05, 0.1) is 5.02 Å². The second-order valence-electron chi connectivity index (χ2n) is 8.14. The van der Waals surface area contributed by atoms with Gasteiger partial charge >= 0.3 is 0 Å². The number of amides is 2. The van der Waals surface area contributed by atoms with Crippen LogP contribution in [0.25, 0.3) is 0 Å². The quantitative estimate of drug-likeness (QED) is 0.510. The molecule has 1 atom stereocenters. The van der Waals surface area contributed by atoms with Crippen LogP contribution in [0.1, 0.15) is 51.0 Å². The number of carbonyl (C=O) groups is 2. The fraction of sp³-hybridized carbons (Fsp3) is 0.440. The molecule has 0 bridgehead atoms. The van der Waals surface area contributed by atoms with Crippen molar-refractivity contribution in [1.29, 1.82) is 0 Å². The van der Waals surface area contributed by atoms with Crippen molar-refractivity contribution >= 4 is 35.0 Å². The van der Waals surface area contributed by atoms with Crippen molar-refractivity contribution in [2.24, 2.45) is 0 Å². The van der Waals surface area contributed by atoms with Crippen molar-refractivity contribution in [3.8, 4) is 5.75 Å². The first kappa shape index (κ1) is 24.4. The summed E-state index contributed by atoms with van der Waals surface area (Å²) in [4.78, 5) is 28.0. The zero-order valence-electron chi connectivity index (χ0n) is 18.4. The first-order chi connectivity index (χ1) is 15.5. The average molecular weight is 477 g/mol. The molecular formula is C25H30Cl2N2O3. The van der Waals surface area contributed by atoms with E-state index in [1.807, 2.05) is 37.3 Å². The highest BCUT2D eigenvalue weighted by Crippen LogP contribution is 2.27. The second-order valence-corrected chi connectivity index (χ2v) is 8.98. The maximum atomic E-state index is 13.2. The topological polar surface area (TPSA) is 58.6 Å². The van der Waals surface area contributed by atoms with Crippen LogP contribution >= 0.6 is 23.2 Å². The van der Waals surface area contributed by atoms with E-state index in [1.54, 1.807) is 23.1 Å². The summed E-state index contributed by atoms with van der Waals surface area (Å²) in [6.45, 7) is 2.03. The van der Waals surface area contributed by atoms with E-state index < -0.39 is 6.04 Å². The SMILES string of the molecule is CCC(C(=O)NC1CCCCC1)N(Cc1ccccc1)C(=O)COc1ccc(Cl)cc1Cl. The van der Waals surface area contributed by atoms with Gasteiger partial charge in [-0.2, -0.15) is 0 Å². The molecule has 3 rings (SSSR count). The predicted molar refractivity (Wildman–Crippen MR) is 128 cm³/mol. The third kappa shape index (κ3) is 6.88. The third-order valence-corrected chi connectivity index (χ3v) is 6.31. The Morgan fingerprint density at radius 2 is 1.81 bits per heavy atom. The van der Waals surface area contributed by atoms with Gasteiger partial charge in [-0.15, -0.1) is 0 Å². The molecule has 1 unspecified atom stereocenters. The minimum atomic E-state index is -0.575. The number of nitrogens with one attached hydrogen (secondary N) is 1. The standard InChI is InChI=1S/C25H30Cl2N2O3/c1-2-22(25(31)28-20-11-7-4-8-12-20)29(16-18-9-5-3-6-10-18)24(30)17-32-23-14-13-19(26)15-21(23)27/h3,5-6,9-10,13-15,20,22H,2,4,7-8,11-12,16-17H2,1H3,(H,28,31). The molecule has 1 N–H and O–H groups in total. The van der Waals surface area contributed by atoms with E-state index in [4.69, 9.17) is 27.9 Å². The summed E-state index contributed by atoms with van der Waals surface area (Å²) in [5.41, 5.74) is 0.953. The Hall–Kier alpha value is -2.24. The number of nitrogens with zero attached hydrogens (tertiary/aromatic N) is 1. The van der Waals surface area contributed by atoms with Crippen molar-refractivity contribution in [3.05, 3.63) is 64.1 Å². The Morgan fingerprint density at radius 1 is 1.09 bits per heavy atom. The minimum Gasteiger partial charge on any atom is -0.482 e. The Bertz CT molecular complexity index is 901. The van der Waals surface area contributed by atoms with Crippen LogP contribution in [0.2, 0.25) is 10.0 Å². The van der Waals surface area contributed by atoms with Gasteiger partial charge in [0.2, 0.25) is 5.91 Å². The van der Waals surface area contributed by atoms with E-state index in [-0.39, 0.29) is 24.5 Å². The van der Waals surface area contributed by atoms with Crippen LogP contribution in [0.15, 0.2) is 48.5 Å². The van der Waals surface area contributed by atoms with Gasteiger partial charge in [0.25, 0.3) is 5.91 Å². The maximum absolute atomic E-state index is 13.2. The summed E-state index contributed by atoms with van der Waals surface area (Å²) in [7, 11) is 0. The van der Waals surface area contributed by atoms with Crippen molar-refractivity contribution in [2.45, 2.75) is 64.1 Å². The molecule has 1 saturated carbocycles. The molecule has 0 aromatic heterocycles. The van der Waals surface area contributed by atoms with Gasteiger partial charge < -0.3 is 15.0 Å². The Labute approximate surface area is 200 Å². The molecule has 2 amide bonds. The monoisotopic (exact) mass is 476 g/mol.